The fraction of sp³-hybridized carbons (Fsp3) is 0.0588. The van der Waals surface area contributed by atoms with Gasteiger partial charge in [0.2, 0.25) is 4.34 Å². The average molecular weight is 426 g/mol. The zero-order valence-corrected chi connectivity index (χ0v) is 15.8. The van der Waals surface area contributed by atoms with Crippen LogP contribution >= 0.6 is 11.3 Å². The van der Waals surface area contributed by atoms with Crippen LogP contribution in [0.1, 0.15) is 10.4 Å². The van der Waals surface area contributed by atoms with Gasteiger partial charge in [-0.1, -0.05) is 12.1 Å². The van der Waals surface area contributed by atoms with Crippen molar-refractivity contribution in [3.63, 3.8) is 0 Å². The van der Waals surface area contributed by atoms with E-state index in [0.29, 0.717) is 16.5 Å². The van der Waals surface area contributed by atoms with Crippen molar-refractivity contribution in [2.75, 3.05) is 11.8 Å². The standard InChI is InChI=1S/C17H12F2N2O5S2/c1-26-14-6-11(16(22)23)12(19)7-13(14)21-28(24,25)17-20-8-15(27-17)9-2-4-10(18)5-3-9/h2-8,21H,1H3,(H,22,23). The number of aromatic nitrogens is 1. The van der Waals surface area contributed by atoms with Crippen LogP contribution in [0.15, 0.2) is 46.9 Å². The third-order valence-corrected chi connectivity index (χ3v) is 6.41. The topological polar surface area (TPSA) is 106 Å². The Hall–Kier alpha value is -3.05. The molecule has 0 saturated heterocycles. The van der Waals surface area contributed by atoms with Gasteiger partial charge in [0.05, 0.1) is 23.2 Å². The highest BCUT2D eigenvalue weighted by atomic mass is 32.2. The first-order valence-electron chi connectivity index (χ1n) is 7.56. The van der Waals surface area contributed by atoms with Crippen LogP contribution in [-0.4, -0.2) is 31.6 Å². The van der Waals surface area contributed by atoms with Gasteiger partial charge in [0.15, 0.2) is 0 Å². The molecule has 0 aliphatic heterocycles. The first kappa shape index (κ1) is 19.7. The summed E-state index contributed by atoms with van der Waals surface area (Å²) in [7, 11) is -3.01. The van der Waals surface area contributed by atoms with Gasteiger partial charge >= 0.3 is 5.97 Å². The number of aromatic carboxylic acids is 1. The maximum absolute atomic E-state index is 13.9. The molecule has 146 valence electrons. The van der Waals surface area contributed by atoms with E-state index in [4.69, 9.17) is 9.84 Å². The van der Waals surface area contributed by atoms with Gasteiger partial charge in [0, 0.05) is 12.3 Å². The van der Waals surface area contributed by atoms with Gasteiger partial charge < -0.3 is 9.84 Å². The molecule has 2 aromatic carbocycles. The summed E-state index contributed by atoms with van der Waals surface area (Å²) < 4.78 is 58.9. The summed E-state index contributed by atoms with van der Waals surface area (Å²) in [5.74, 6) is -3.24. The van der Waals surface area contributed by atoms with E-state index in [-0.39, 0.29) is 15.8 Å². The second kappa shape index (κ2) is 7.52. The van der Waals surface area contributed by atoms with E-state index in [2.05, 4.69) is 9.71 Å². The Morgan fingerprint density at radius 3 is 2.50 bits per heavy atom. The molecule has 0 fully saturated rings. The van der Waals surface area contributed by atoms with Crippen molar-refractivity contribution < 1.29 is 31.8 Å². The monoisotopic (exact) mass is 426 g/mol. The highest BCUT2D eigenvalue weighted by Gasteiger charge is 2.23. The molecular formula is C17H12F2N2O5S2. The summed E-state index contributed by atoms with van der Waals surface area (Å²) in [6.07, 6.45) is 1.32. The molecule has 3 aromatic rings. The van der Waals surface area contributed by atoms with Crippen molar-refractivity contribution >= 4 is 33.0 Å². The first-order chi connectivity index (χ1) is 13.2. The minimum Gasteiger partial charge on any atom is -0.495 e. The Balaban J connectivity index is 1.93. The fourth-order valence-electron chi connectivity index (χ4n) is 2.28. The zero-order valence-electron chi connectivity index (χ0n) is 14.1. The molecule has 7 nitrogen and oxygen atoms in total. The summed E-state index contributed by atoms with van der Waals surface area (Å²) >= 11 is 0.831. The van der Waals surface area contributed by atoms with Gasteiger partial charge in [-0.3, -0.25) is 4.72 Å². The number of anilines is 1. The van der Waals surface area contributed by atoms with Crippen molar-refractivity contribution in [3.05, 3.63) is 59.8 Å². The number of hydrogen-bond acceptors (Lipinski definition) is 6. The van der Waals surface area contributed by atoms with Gasteiger partial charge in [-0.05, 0) is 23.8 Å². The van der Waals surface area contributed by atoms with Crippen LogP contribution < -0.4 is 9.46 Å². The molecule has 0 aliphatic rings. The third kappa shape index (κ3) is 3.94. The second-order valence-electron chi connectivity index (χ2n) is 5.44. The Morgan fingerprint density at radius 1 is 1.21 bits per heavy atom. The summed E-state index contributed by atoms with van der Waals surface area (Å²) in [4.78, 5) is 15.3. The van der Waals surface area contributed by atoms with E-state index in [1.807, 2.05) is 0 Å². The number of nitrogens with one attached hydrogen (secondary N) is 1. The highest BCUT2D eigenvalue weighted by molar-refractivity contribution is 7.94. The van der Waals surface area contributed by atoms with E-state index < -0.39 is 33.2 Å². The van der Waals surface area contributed by atoms with Crippen molar-refractivity contribution in [3.8, 4) is 16.2 Å². The minimum absolute atomic E-state index is 0.169. The molecule has 0 amide bonds. The molecule has 2 N–H and O–H groups in total. The number of halogens is 2. The summed E-state index contributed by atoms with van der Waals surface area (Å²) in [5.41, 5.74) is -0.356. The molecule has 0 aliphatic carbocycles. The molecule has 1 heterocycles. The summed E-state index contributed by atoms with van der Waals surface area (Å²) in [5, 5.41) is 8.95. The molecule has 0 saturated carbocycles. The largest absolute Gasteiger partial charge is 0.495 e. The maximum atomic E-state index is 13.9. The molecular weight excluding hydrogens is 414 g/mol. The summed E-state index contributed by atoms with van der Waals surface area (Å²) in [6.45, 7) is 0. The molecule has 0 atom stereocenters. The van der Waals surface area contributed by atoms with E-state index in [1.165, 1.54) is 37.6 Å². The Labute approximate surface area is 162 Å². The van der Waals surface area contributed by atoms with Crippen molar-refractivity contribution in [2.45, 2.75) is 4.34 Å². The number of ether oxygens (including phenoxy) is 1. The molecule has 0 spiro atoms. The lowest BCUT2D eigenvalue weighted by atomic mass is 10.2. The van der Waals surface area contributed by atoms with E-state index >= 15 is 0 Å². The number of carboxylic acids is 1. The number of hydrogen-bond donors (Lipinski definition) is 2. The van der Waals surface area contributed by atoms with Gasteiger partial charge in [0.25, 0.3) is 10.0 Å². The van der Waals surface area contributed by atoms with Crippen molar-refractivity contribution in [1.82, 2.24) is 4.98 Å². The predicted octanol–water partition coefficient (Wildman–Crippen LogP) is 3.60. The first-order valence-corrected chi connectivity index (χ1v) is 9.86. The third-order valence-electron chi connectivity index (χ3n) is 3.61. The Bertz CT molecular complexity index is 1140. The second-order valence-corrected chi connectivity index (χ2v) is 8.33. The molecule has 0 bridgehead atoms. The van der Waals surface area contributed by atoms with Crippen LogP contribution in [0.2, 0.25) is 0 Å². The van der Waals surface area contributed by atoms with Gasteiger partial charge in [-0.25, -0.2) is 18.6 Å². The van der Waals surface area contributed by atoms with Crippen LogP contribution in [0, 0.1) is 11.6 Å². The predicted molar refractivity (Wildman–Crippen MR) is 98.2 cm³/mol. The van der Waals surface area contributed by atoms with E-state index in [0.717, 1.165) is 17.4 Å². The maximum Gasteiger partial charge on any atom is 0.338 e. The molecule has 0 unspecified atom stereocenters. The van der Waals surface area contributed by atoms with Crippen LogP contribution in [-0.2, 0) is 10.0 Å². The van der Waals surface area contributed by atoms with E-state index in [1.54, 1.807) is 0 Å². The smallest absolute Gasteiger partial charge is 0.338 e. The molecule has 3 rings (SSSR count). The average Bonchev–Trinajstić information content (AvgIpc) is 3.13. The van der Waals surface area contributed by atoms with Crippen molar-refractivity contribution in [2.24, 2.45) is 0 Å². The number of methoxy groups -OCH3 is 1. The van der Waals surface area contributed by atoms with Gasteiger partial charge in [0.1, 0.15) is 17.4 Å². The number of rotatable bonds is 6. The SMILES string of the molecule is COc1cc(C(=O)O)c(F)cc1NS(=O)(=O)c1ncc(-c2ccc(F)cc2)s1. The Kier molecular flexibility index (Phi) is 5.29. The number of carbonyl (C=O) groups is 1. The highest BCUT2D eigenvalue weighted by Crippen LogP contribution is 2.33. The number of thiazole rings is 1. The normalized spacial score (nSPS) is 11.2. The zero-order chi connectivity index (χ0) is 20.5. The molecule has 28 heavy (non-hydrogen) atoms. The van der Waals surface area contributed by atoms with E-state index in [9.17, 15) is 22.0 Å². The van der Waals surface area contributed by atoms with Crippen LogP contribution in [0.3, 0.4) is 0 Å². The van der Waals surface area contributed by atoms with Crippen LogP contribution in [0.5, 0.6) is 5.75 Å². The molecule has 11 heteroatoms. The number of benzene rings is 2. The fourth-order valence-corrected chi connectivity index (χ4v) is 4.50. The molecule has 1 aromatic heterocycles. The van der Waals surface area contributed by atoms with Gasteiger partial charge in [-0.2, -0.15) is 8.42 Å². The number of sulfonamides is 1. The summed E-state index contributed by atoms with van der Waals surface area (Å²) in [6, 6.07) is 7.03. The minimum atomic E-state index is -4.20. The lowest BCUT2D eigenvalue weighted by molar-refractivity contribution is 0.0691. The van der Waals surface area contributed by atoms with Gasteiger partial charge in [-0.15, -0.1) is 11.3 Å². The van der Waals surface area contributed by atoms with Crippen molar-refractivity contribution in [1.29, 1.82) is 0 Å². The number of carboxylic acid groups (broad SMARTS) is 1. The van der Waals surface area contributed by atoms with Crippen LogP contribution in [0.25, 0.3) is 10.4 Å². The number of nitrogens with zero attached hydrogens (tertiary/aromatic N) is 1. The lowest BCUT2D eigenvalue weighted by Gasteiger charge is -2.12. The lowest BCUT2D eigenvalue weighted by Crippen LogP contribution is -2.14. The quantitative estimate of drug-likeness (QED) is 0.624. The molecule has 0 radical (unpaired) electrons. The van der Waals surface area contributed by atoms with Crippen LogP contribution in [0.4, 0.5) is 14.5 Å². The Morgan fingerprint density at radius 2 is 1.89 bits per heavy atom.